The van der Waals surface area contributed by atoms with Crippen LogP contribution in [0.1, 0.15) is 19.3 Å². The van der Waals surface area contributed by atoms with E-state index in [0.29, 0.717) is 6.07 Å². The molecule has 0 rings (SSSR count). The van der Waals surface area contributed by atoms with Crippen molar-refractivity contribution < 1.29 is 4.74 Å². The Hall–Kier alpha value is 0.467. The molecule has 0 saturated heterocycles. The Labute approximate surface area is 82.5 Å². The van der Waals surface area contributed by atoms with E-state index in [4.69, 9.17) is 16.3 Å². The number of alkyl halides is 1. The molecule has 0 aliphatic carbocycles. The minimum absolute atomic E-state index is 0.341. The van der Waals surface area contributed by atoms with Crippen molar-refractivity contribution in [3.63, 3.8) is 0 Å². The molecule has 0 aliphatic heterocycles. The summed E-state index contributed by atoms with van der Waals surface area (Å²) in [5.41, 5.74) is 0. The largest absolute Gasteiger partial charge is 0.366 e. The zero-order valence-electron chi connectivity index (χ0n) is 8.53. The summed E-state index contributed by atoms with van der Waals surface area (Å²) in [7, 11) is -0.793. The molecule has 0 saturated carbocycles. The van der Waals surface area contributed by atoms with E-state index in [-0.39, 0.29) is 0 Å². The van der Waals surface area contributed by atoms with Gasteiger partial charge in [0.25, 0.3) is 0 Å². The Morgan fingerprint density at radius 3 is 2.25 bits per heavy atom. The van der Waals surface area contributed by atoms with Crippen LogP contribution >= 0.6 is 11.6 Å². The molecular formula is C9H21ClOSi. The van der Waals surface area contributed by atoms with Gasteiger partial charge in [-0.25, -0.2) is 0 Å². The third-order valence-corrected chi connectivity index (χ3v) is 3.80. The average Bonchev–Trinajstić information content (AvgIpc) is 1.94. The lowest BCUT2D eigenvalue weighted by atomic mass is 10.3. The van der Waals surface area contributed by atoms with Crippen molar-refractivity contribution in [1.29, 1.82) is 0 Å². The zero-order chi connectivity index (χ0) is 9.45. The second kappa shape index (κ2) is 6.93. The van der Waals surface area contributed by atoms with Gasteiger partial charge in [-0.05, 0) is 6.42 Å². The van der Waals surface area contributed by atoms with E-state index in [1.54, 1.807) is 0 Å². The van der Waals surface area contributed by atoms with E-state index < -0.39 is 8.07 Å². The highest BCUT2D eigenvalue weighted by atomic mass is 35.5. The van der Waals surface area contributed by atoms with Gasteiger partial charge >= 0.3 is 0 Å². The summed E-state index contributed by atoms with van der Waals surface area (Å²) < 4.78 is 5.04. The maximum absolute atomic E-state index is 5.37. The normalized spacial score (nSPS) is 12.0. The van der Waals surface area contributed by atoms with Crippen LogP contribution in [0.2, 0.25) is 25.7 Å². The van der Waals surface area contributed by atoms with Crippen LogP contribution in [0.4, 0.5) is 0 Å². The summed E-state index contributed by atoms with van der Waals surface area (Å²) in [6.07, 6.45) is 3.82. The van der Waals surface area contributed by atoms with Crippen LogP contribution in [0.5, 0.6) is 0 Å². The van der Waals surface area contributed by atoms with Crippen LogP contribution in [0.15, 0.2) is 0 Å². The van der Waals surface area contributed by atoms with E-state index >= 15 is 0 Å². The monoisotopic (exact) mass is 208 g/mol. The maximum Gasteiger partial charge on any atom is 0.120 e. The van der Waals surface area contributed by atoms with Gasteiger partial charge in [-0.1, -0.05) is 50.1 Å². The van der Waals surface area contributed by atoms with Crippen molar-refractivity contribution in [1.82, 2.24) is 0 Å². The van der Waals surface area contributed by atoms with Crippen LogP contribution in [-0.2, 0) is 4.74 Å². The second-order valence-corrected chi connectivity index (χ2v) is 10.2. The molecule has 12 heavy (non-hydrogen) atoms. The van der Waals surface area contributed by atoms with Gasteiger partial charge in [0.1, 0.15) is 6.07 Å². The lowest BCUT2D eigenvalue weighted by Crippen LogP contribution is -2.18. The Balaban J connectivity index is 3.01. The highest BCUT2D eigenvalue weighted by Gasteiger charge is 2.11. The van der Waals surface area contributed by atoms with Gasteiger partial charge in [0.05, 0.1) is 0 Å². The molecule has 74 valence electrons. The van der Waals surface area contributed by atoms with Gasteiger partial charge in [0, 0.05) is 14.7 Å². The first-order chi connectivity index (χ1) is 5.56. The van der Waals surface area contributed by atoms with Crippen LogP contribution in [0.25, 0.3) is 0 Å². The average molecular weight is 209 g/mol. The smallest absolute Gasteiger partial charge is 0.120 e. The predicted octanol–water partition coefficient (Wildman–Crippen LogP) is 3.71. The number of hydrogen-bond donors (Lipinski definition) is 0. The van der Waals surface area contributed by atoms with Crippen molar-refractivity contribution >= 4 is 19.7 Å². The number of unbranched alkanes of at least 4 members (excludes halogenated alkanes) is 2. The summed E-state index contributed by atoms with van der Waals surface area (Å²) in [5, 5.41) is 0. The third kappa shape index (κ3) is 10.5. The van der Waals surface area contributed by atoms with E-state index in [0.717, 1.165) is 13.0 Å². The lowest BCUT2D eigenvalue weighted by molar-refractivity contribution is 0.174. The molecule has 0 spiro atoms. The minimum atomic E-state index is -0.793. The molecule has 1 nitrogen and oxygen atoms in total. The maximum atomic E-state index is 5.37. The molecule has 0 bridgehead atoms. The van der Waals surface area contributed by atoms with Crippen molar-refractivity contribution in [2.75, 3.05) is 12.7 Å². The Morgan fingerprint density at radius 1 is 1.08 bits per heavy atom. The van der Waals surface area contributed by atoms with Crippen LogP contribution in [0, 0.1) is 0 Å². The fourth-order valence-electron chi connectivity index (χ4n) is 1.09. The van der Waals surface area contributed by atoms with Crippen LogP contribution in [-0.4, -0.2) is 20.7 Å². The van der Waals surface area contributed by atoms with Gasteiger partial charge in [-0.2, -0.15) is 0 Å². The summed E-state index contributed by atoms with van der Waals surface area (Å²) in [6.45, 7) is 8.09. The van der Waals surface area contributed by atoms with E-state index in [2.05, 4.69) is 19.6 Å². The van der Waals surface area contributed by atoms with Crippen molar-refractivity contribution in [2.24, 2.45) is 0 Å². The molecule has 0 aromatic carbocycles. The molecule has 0 aromatic heterocycles. The van der Waals surface area contributed by atoms with E-state index in [9.17, 15) is 0 Å². The van der Waals surface area contributed by atoms with Gasteiger partial charge in [0.2, 0.25) is 0 Å². The first-order valence-corrected chi connectivity index (χ1v) is 8.94. The molecule has 0 atom stereocenters. The fourth-order valence-corrected chi connectivity index (χ4v) is 2.51. The summed E-state index contributed by atoms with van der Waals surface area (Å²) in [5.74, 6) is 0. The van der Waals surface area contributed by atoms with Crippen molar-refractivity contribution in [2.45, 2.75) is 44.9 Å². The quantitative estimate of drug-likeness (QED) is 0.352. The molecule has 0 radical (unpaired) electrons. The molecular weight excluding hydrogens is 188 g/mol. The fraction of sp³-hybridized carbons (Fsp3) is 1.00. The molecule has 0 amide bonds. The van der Waals surface area contributed by atoms with Gasteiger partial charge < -0.3 is 4.74 Å². The molecule has 0 fully saturated rings. The Bertz CT molecular complexity index is 101. The number of ether oxygens (including phenoxy) is 1. The molecule has 0 aliphatic rings. The van der Waals surface area contributed by atoms with Crippen LogP contribution in [0.3, 0.4) is 0 Å². The van der Waals surface area contributed by atoms with Gasteiger partial charge in [-0.3, -0.25) is 0 Å². The zero-order valence-corrected chi connectivity index (χ0v) is 10.3. The number of rotatable bonds is 7. The van der Waals surface area contributed by atoms with Crippen LogP contribution < -0.4 is 0 Å². The van der Waals surface area contributed by atoms with E-state index in [1.165, 1.54) is 18.9 Å². The topological polar surface area (TPSA) is 9.23 Å². The standard InChI is InChI=1S/C9H21ClOSi/c1-12(2,3)8-6-4-5-7-11-9-10/h4-9H2,1-3H3. The summed E-state index contributed by atoms with van der Waals surface area (Å²) in [4.78, 5) is 0. The number of hydrogen-bond acceptors (Lipinski definition) is 1. The Morgan fingerprint density at radius 2 is 1.75 bits per heavy atom. The highest BCUT2D eigenvalue weighted by molar-refractivity contribution is 6.76. The Kier molecular flexibility index (Phi) is 7.20. The van der Waals surface area contributed by atoms with Gasteiger partial charge in [-0.15, -0.1) is 0 Å². The molecule has 3 heteroatoms. The third-order valence-electron chi connectivity index (χ3n) is 1.79. The van der Waals surface area contributed by atoms with E-state index in [1.807, 2.05) is 0 Å². The first kappa shape index (κ1) is 12.5. The lowest BCUT2D eigenvalue weighted by Gasteiger charge is -2.14. The summed E-state index contributed by atoms with van der Waals surface area (Å²) >= 11 is 5.37. The minimum Gasteiger partial charge on any atom is -0.366 e. The first-order valence-electron chi connectivity index (χ1n) is 4.70. The molecule has 0 unspecified atom stereocenters. The number of halogens is 1. The SMILES string of the molecule is C[Si](C)(C)CCCCCOCCl. The second-order valence-electron chi connectivity index (χ2n) is 4.39. The summed E-state index contributed by atoms with van der Waals surface area (Å²) in [6, 6.07) is 1.78. The predicted molar refractivity (Wildman–Crippen MR) is 58.7 cm³/mol. The van der Waals surface area contributed by atoms with Crippen molar-refractivity contribution in [3.05, 3.63) is 0 Å². The van der Waals surface area contributed by atoms with Gasteiger partial charge in [0.15, 0.2) is 0 Å². The molecule has 0 heterocycles. The molecule has 0 aromatic rings. The molecule has 0 N–H and O–H groups in total. The highest BCUT2D eigenvalue weighted by Crippen LogP contribution is 2.13. The van der Waals surface area contributed by atoms with Crippen molar-refractivity contribution in [3.8, 4) is 0 Å².